The van der Waals surface area contributed by atoms with Crippen molar-refractivity contribution >= 4 is 13.7 Å². The van der Waals surface area contributed by atoms with Gasteiger partial charge in [-0.2, -0.15) is 0 Å². The first kappa shape index (κ1) is 54.5. The Bertz CT molecular complexity index is 1050. The number of rotatable bonds is 41. The Balaban J connectivity index is 4.45. The summed E-state index contributed by atoms with van der Waals surface area (Å²) in [5.41, 5.74) is 0. The van der Waals surface area contributed by atoms with Gasteiger partial charge in [0, 0.05) is 6.42 Å². The number of hydrogen-bond donors (Lipinski definition) is 2. The Morgan fingerprint density at radius 1 is 0.607 bits per heavy atom. The number of carbonyl (C=O) groups excluding carboxylic acids is 1. The quantitative estimate of drug-likeness (QED) is 0.0276. The number of nitrogens with zero attached hydrogens (tertiary/aromatic N) is 1. The van der Waals surface area contributed by atoms with Gasteiger partial charge in [0.25, 0.3) is 7.82 Å². The summed E-state index contributed by atoms with van der Waals surface area (Å²) in [6.45, 7) is 4.57. The standard InChI is InChI=1S/C47H89N2O6P/c1-6-8-10-12-14-16-18-20-21-22-23-24-25-26-27-28-29-30-32-34-36-38-40-46(50)45(44-55-56(52,53)54-43-42-49(3,4)5)48-47(51)41-39-37-35-33-31-19-17-15-13-11-9-7-2/h15,17,26-27,30,32,38,40,45-46,50H,6-14,16,18-25,28-29,31,33-37,39,41-44H2,1-5H3,(H-,48,51,52,53)/b17-15-,27-26+,32-30+,40-38+. The van der Waals surface area contributed by atoms with Gasteiger partial charge in [0.2, 0.25) is 5.91 Å². The number of nitrogens with one attached hydrogen (secondary N) is 1. The summed E-state index contributed by atoms with van der Waals surface area (Å²) >= 11 is 0. The average Bonchev–Trinajstić information content (AvgIpc) is 3.15. The molecule has 0 bridgehead atoms. The molecule has 0 saturated carbocycles. The molecule has 3 atom stereocenters. The van der Waals surface area contributed by atoms with Gasteiger partial charge in [0.15, 0.2) is 0 Å². The average molecular weight is 809 g/mol. The van der Waals surface area contributed by atoms with Gasteiger partial charge in [-0.3, -0.25) is 9.36 Å². The number of unbranched alkanes of at least 4 members (excludes halogenated alkanes) is 22. The molecular formula is C47H89N2O6P. The highest BCUT2D eigenvalue weighted by molar-refractivity contribution is 7.45. The van der Waals surface area contributed by atoms with E-state index in [0.29, 0.717) is 17.4 Å². The molecule has 328 valence electrons. The smallest absolute Gasteiger partial charge is 0.268 e. The number of allylic oxidation sites excluding steroid dienone is 7. The van der Waals surface area contributed by atoms with Crippen LogP contribution < -0.4 is 10.2 Å². The fourth-order valence-corrected chi connectivity index (χ4v) is 7.02. The van der Waals surface area contributed by atoms with Crippen molar-refractivity contribution in [2.45, 2.75) is 206 Å². The highest BCUT2D eigenvalue weighted by Crippen LogP contribution is 2.38. The van der Waals surface area contributed by atoms with Gasteiger partial charge < -0.3 is 28.8 Å². The Kier molecular flexibility index (Phi) is 37.9. The van der Waals surface area contributed by atoms with Crippen molar-refractivity contribution in [2.24, 2.45) is 0 Å². The molecule has 3 unspecified atom stereocenters. The number of likely N-dealkylation sites (N-methyl/N-ethyl adjacent to an activating group) is 1. The van der Waals surface area contributed by atoms with Gasteiger partial charge in [0.05, 0.1) is 39.9 Å². The van der Waals surface area contributed by atoms with E-state index in [1.807, 2.05) is 27.2 Å². The van der Waals surface area contributed by atoms with E-state index in [4.69, 9.17) is 9.05 Å². The number of aliphatic hydroxyl groups is 1. The number of aliphatic hydroxyl groups excluding tert-OH is 1. The first-order chi connectivity index (χ1) is 27.0. The van der Waals surface area contributed by atoms with Crippen molar-refractivity contribution in [2.75, 3.05) is 40.9 Å². The van der Waals surface area contributed by atoms with Crippen molar-refractivity contribution in [1.29, 1.82) is 0 Å². The first-order valence-corrected chi connectivity index (χ1v) is 24.5. The maximum absolute atomic E-state index is 12.8. The van der Waals surface area contributed by atoms with Crippen LogP contribution in [-0.2, 0) is 18.4 Å². The fraction of sp³-hybridized carbons (Fsp3) is 0.809. The molecule has 0 fully saturated rings. The van der Waals surface area contributed by atoms with Crippen LogP contribution in [0.25, 0.3) is 0 Å². The largest absolute Gasteiger partial charge is 0.756 e. The van der Waals surface area contributed by atoms with E-state index in [0.717, 1.165) is 64.2 Å². The van der Waals surface area contributed by atoms with E-state index in [9.17, 15) is 19.4 Å². The molecule has 0 aromatic heterocycles. The van der Waals surface area contributed by atoms with Crippen LogP contribution in [0.5, 0.6) is 0 Å². The predicted molar refractivity (Wildman–Crippen MR) is 238 cm³/mol. The second kappa shape index (κ2) is 38.9. The van der Waals surface area contributed by atoms with E-state index in [-0.39, 0.29) is 12.5 Å². The third kappa shape index (κ3) is 40.6. The lowest BCUT2D eigenvalue weighted by Crippen LogP contribution is -2.45. The maximum Gasteiger partial charge on any atom is 0.268 e. The molecule has 0 rings (SSSR count). The zero-order valence-corrected chi connectivity index (χ0v) is 38.0. The van der Waals surface area contributed by atoms with Gasteiger partial charge in [-0.05, 0) is 70.6 Å². The molecule has 0 aliphatic heterocycles. The Morgan fingerprint density at radius 3 is 1.48 bits per heavy atom. The lowest BCUT2D eigenvalue weighted by atomic mass is 10.0. The zero-order chi connectivity index (χ0) is 41.4. The Hall–Kier alpha value is -1.54. The van der Waals surface area contributed by atoms with Crippen LogP contribution in [0, 0.1) is 0 Å². The van der Waals surface area contributed by atoms with Crippen LogP contribution >= 0.6 is 7.82 Å². The van der Waals surface area contributed by atoms with Crippen molar-refractivity contribution in [1.82, 2.24) is 5.32 Å². The summed E-state index contributed by atoms with van der Waals surface area (Å²) in [4.78, 5) is 25.2. The topological polar surface area (TPSA) is 108 Å². The van der Waals surface area contributed by atoms with Crippen LogP contribution in [-0.4, -0.2) is 68.5 Å². The lowest BCUT2D eigenvalue weighted by Gasteiger charge is -2.29. The van der Waals surface area contributed by atoms with Crippen LogP contribution in [0.15, 0.2) is 48.6 Å². The SMILES string of the molecule is CCCCC/C=C\CCCCCCCC(=O)NC(COP(=O)([O-])OCC[N+](C)(C)C)C(O)/C=C/CC/C=C/CC/C=C/CCCCCCCCCCCCCC. The van der Waals surface area contributed by atoms with E-state index in [1.165, 1.54) is 109 Å². The number of carbonyl (C=O) groups is 1. The minimum absolute atomic E-state index is 0.0116. The zero-order valence-electron chi connectivity index (χ0n) is 37.1. The number of amides is 1. The minimum Gasteiger partial charge on any atom is -0.756 e. The van der Waals surface area contributed by atoms with Gasteiger partial charge in [-0.25, -0.2) is 0 Å². The number of phosphoric ester groups is 1. The van der Waals surface area contributed by atoms with Gasteiger partial charge in [-0.1, -0.05) is 165 Å². The summed E-state index contributed by atoms with van der Waals surface area (Å²) in [6.07, 6.45) is 48.8. The van der Waals surface area contributed by atoms with E-state index in [1.54, 1.807) is 6.08 Å². The summed E-state index contributed by atoms with van der Waals surface area (Å²) in [5, 5.41) is 13.7. The van der Waals surface area contributed by atoms with E-state index < -0.39 is 26.6 Å². The molecular weight excluding hydrogens is 719 g/mol. The molecule has 8 nitrogen and oxygen atoms in total. The molecule has 0 aromatic carbocycles. The number of hydrogen-bond acceptors (Lipinski definition) is 6. The third-order valence-electron chi connectivity index (χ3n) is 9.99. The second-order valence-corrected chi connectivity index (χ2v) is 18.1. The summed E-state index contributed by atoms with van der Waals surface area (Å²) in [7, 11) is 1.22. The van der Waals surface area contributed by atoms with Crippen LogP contribution in [0.4, 0.5) is 0 Å². The van der Waals surface area contributed by atoms with Gasteiger partial charge >= 0.3 is 0 Å². The van der Waals surface area contributed by atoms with Gasteiger partial charge in [-0.15, -0.1) is 0 Å². The molecule has 0 aliphatic rings. The van der Waals surface area contributed by atoms with Crippen LogP contribution in [0.3, 0.4) is 0 Å². The van der Waals surface area contributed by atoms with Gasteiger partial charge in [0.1, 0.15) is 13.2 Å². The van der Waals surface area contributed by atoms with Crippen molar-refractivity contribution in [3.63, 3.8) is 0 Å². The summed E-state index contributed by atoms with van der Waals surface area (Å²) in [6, 6.07) is -0.913. The monoisotopic (exact) mass is 809 g/mol. The van der Waals surface area contributed by atoms with Crippen LogP contribution in [0.2, 0.25) is 0 Å². The highest BCUT2D eigenvalue weighted by Gasteiger charge is 2.23. The Morgan fingerprint density at radius 2 is 1.00 bits per heavy atom. The molecule has 0 aliphatic carbocycles. The van der Waals surface area contributed by atoms with Crippen molar-refractivity contribution in [3.8, 4) is 0 Å². The molecule has 2 N–H and O–H groups in total. The molecule has 1 amide bonds. The molecule has 9 heteroatoms. The molecule has 0 spiro atoms. The number of phosphoric acid groups is 1. The normalized spacial score (nSPS) is 14.8. The lowest BCUT2D eigenvalue weighted by molar-refractivity contribution is -0.870. The third-order valence-corrected chi connectivity index (χ3v) is 11.0. The maximum atomic E-state index is 12.8. The molecule has 0 saturated heterocycles. The Labute approximate surface area is 346 Å². The van der Waals surface area contributed by atoms with Crippen molar-refractivity contribution < 1.29 is 32.9 Å². The first-order valence-electron chi connectivity index (χ1n) is 23.0. The van der Waals surface area contributed by atoms with E-state index in [2.05, 4.69) is 55.6 Å². The molecule has 0 radical (unpaired) electrons. The number of quaternary nitrogens is 1. The molecule has 56 heavy (non-hydrogen) atoms. The summed E-state index contributed by atoms with van der Waals surface area (Å²) < 4.78 is 23.2. The van der Waals surface area contributed by atoms with Crippen molar-refractivity contribution in [3.05, 3.63) is 48.6 Å². The molecule has 0 aromatic rings. The fourth-order valence-electron chi connectivity index (χ4n) is 6.30. The van der Waals surface area contributed by atoms with E-state index >= 15 is 0 Å². The summed E-state index contributed by atoms with van der Waals surface area (Å²) in [5.74, 6) is -0.223. The predicted octanol–water partition coefficient (Wildman–Crippen LogP) is 12.2. The highest BCUT2D eigenvalue weighted by atomic mass is 31.2. The minimum atomic E-state index is -4.60. The molecule has 0 heterocycles. The van der Waals surface area contributed by atoms with Crippen LogP contribution in [0.1, 0.15) is 194 Å². The second-order valence-electron chi connectivity index (χ2n) is 16.7.